The summed E-state index contributed by atoms with van der Waals surface area (Å²) in [5.74, 6) is -0.203. The molecule has 0 unspecified atom stereocenters. The lowest BCUT2D eigenvalue weighted by atomic mass is 10.0. The van der Waals surface area contributed by atoms with Crippen molar-refractivity contribution in [3.8, 4) is 11.1 Å². The monoisotopic (exact) mass is 374 g/mol. The summed E-state index contributed by atoms with van der Waals surface area (Å²) < 4.78 is 15.1. The van der Waals surface area contributed by atoms with Crippen LogP contribution in [0.2, 0.25) is 0 Å². The van der Waals surface area contributed by atoms with Gasteiger partial charge in [0.2, 0.25) is 0 Å². The second kappa shape index (κ2) is 7.90. The number of aryl methyl sites for hydroxylation is 2. The van der Waals surface area contributed by atoms with Crippen molar-refractivity contribution in [1.29, 1.82) is 0 Å². The van der Waals surface area contributed by atoms with Gasteiger partial charge in [0.25, 0.3) is 0 Å². The zero-order chi connectivity index (χ0) is 19.5. The Kier molecular flexibility index (Phi) is 5.17. The fourth-order valence-electron chi connectivity index (χ4n) is 3.47. The van der Waals surface area contributed by atoms with Gasteiger partial charge < -0.3 is 4.90 Å². The number of pyridine rings is 1. The van der Waals surface area contributed by atoms with Crippen molar-refractivity contribution in [1.82, 2.24) is 19.5 Å². The van der Waals surface area contributed by atoms with Crippen LogP contribution in [-0.2, 0) is 19.4 Å². The first kappa shape index (κ1) is 18.3. The Morgan fingerprint density at radius 3 is 2.29 bits per heavy atom. The number of rotatable bonds is 6. The average Bonchev–Trinajstić information content (AvgIpc) is 3.18. The van der Waals surface area contributed by atoms with Crippen LogP contribution in [0.15, 0.2) is 67.0 Å². The van der Waals surface area contributed by atoms with Crippen LogP contribution in [0.25, 0.3) is 16.8 Å². The molecule has 5 heteroatoms. The highest BCUT2D eigenvalue weighted by molar-refractivity contribution is 5.77. The van der Waals surface area contributed by atoms with Crippen molar-refractivity contribution in [2.75, 3.05) is 14.1 Å². The minimum absolute atomic E-state index is 0.203. The maximum Gasteiger partial charge on any atom is 0.168 e. The van der Waals surface area contributed by atoms with Crippen molar-refractivity contribution >= 4 is 5.65 Å². The number of benzene rings is 2. The molecular formula is C23H23FN4. The van der Waals surface area contributed by atoms with E-state index in [2.05, 4.69) is 65.6 Å². The van der Waals surface area contributed by atoms with Gasteiger partial charge in [-0.15, -0.1) is 10.2 Å². The zero-order valence-corrected chi connectivity index (χ0v) is 16.1. The molecule has 0 aliphatic carbocycles. The zero-order valence-electron chi connectivity index (χ0n) is 16.1. The molecule has 2 heterocycles. The summed E-state index contributed by atoms with van der Waals surface area (Å²) in [5.41, 5.74) is 6.59. The van der Waals surface area contributed by atoms with Gasteiger partial charge in [0.1, 0.15) is 12.1 Å². The Hall–Kier alpha value is -3.05. The van der Waals surface area contributed by atoms with Crippen LogP contribution in [0.1, 0.15) is 16.8 Å². The number of hydrogen-bond donors (Lipinski definition) is 0. The fourth-order valence-corrected chi connectivity index (χ4v) is 3.47. The van der Waals surface area contributed by atoms with E-state index in [-0.39, 0.29) is 5.82 Å². The number of aromatic nitrogens is 3. The average molecular weight is 374 g/mol. The molecule has 0 fully saturated rings. The van der Waals surface area contributed by atoms with Crippen LogP contribution in [0.4, 0.5) is 4.39 Å². The summed E-state index contributed by atoms with van der Waals surface area (Å²) in [5, 5.41) is 8.48. The third-order valence-corrected chi connectivity index (χ3v) is 4.89. The Morgan fingerprint density at radius 1 is 0.857 bits per heavy atom. The van der Waals surface area contributed by atoms with E-state index in [0.717, 1.165) is 47.4 Å². The molecule has 0 saturated heterocycles. The summed E-state index contributed by atoms with van der Waals surface area (Å²) in [6.45, 7) is 0.920. The number of fused-ring (bicyclic) bond motifs is 1. The normalized spacial score (nSPS) is 11.4. The molecule has 28 heavy (non-hydrogen) atoms. The van der Waals surface area contributed by atoms with E-state index >= 15 is 0 Å². The molecule has 142 valence electrons. The van der Waals surface area contributed by atoms with Crippen LogP contribution in [0.3, 0.4) is 0 Å². The van der Waals surface area contributed by atoms with Crippen molar-refractivity contribution in [2.45, 2.75) is 19.4 Å². The Labute approximate surface area is 164 Å². The number of nitrogens with zero attached hydrogens (tertiary/aromatic N) is 4. The first-order valence-electron chi connectivity index (χ1n) is 9.40. The molecule has 0 radical (unpaired) electrons. The lowest BCUT2D eigenvalue weighted by Gasteiger charge is -2.11. The topological polar surface area (TPSA) is 33.4 Å². The summed E-state index contributed by atoms with van der Waals surface area (Å²) in [4.78, 5) is 2.15. The van der Waals surface area contributed by atoms with E-state index in [0.29, 0.717) is 0 Å². The lowest BCUT2D eigenvalue weighted by Crippen LogP contribution is -2.10. The first-order chi connectivity index (χ1) is 13.6. The van der Waals surface area contributed by atoms with Crippen molar-refractivity contribution in [2.24, 2.45) is 0 Å². The molecule has 4 aromatic rings. The van der Waals surface area contributed by atoms with Crippen LogP contribution in [-0.4, -0.2) is 33.6 Å². The maximum atomic E-state index is 13.1. The predicted molar refractivity (Wildman–Crippen MR) is 110 cm³/mol. The predicted octanol–water partition coefficient (Wildman–Crippen LogP) is 4.38. The first-order valence-corrected chi connectivity index (χ1v) is 9.40. The van der Waals surface area contributed by atoms with Gasteiger partial charge in [-0.05, 0) is 67.9 Å². The van der Waals surface area contributed by atoms with Crippen LogP contribution < -0.4 is 0 Å². The van der Waals surface area contributed by atoms with Crippen molar-refractivity contribution in [3.05, 3.63) is 89.6 Å². The minimum Gasteiger partial charge on any atom is -0.305 e. The third kappa shape index (κ3) is 3.94. The molecule has 0 saturated carbocycles. The smallest absolute Gasteiger partial charge is 0.168 e. The molecule has 0 spiro atoms. The van der Waals surface area contributed by atoms with Gasteiger partial charge in [0.05, 0.1) is 0 Å². The molecule has 2 aromatic heterocycles. The molecule has 2 aromatic carbocycles. The Morgan fingerprint density at radius 2 is 1.57 bits per heavy atom. The minimum atomic E-state index is -0.203. The molecule has 0 aliphatic heterocycles. The number of halogens is 1. The van der Waals surface area contributed by atoms with Crippen LogP contribution >= 0.6 is 0 Å². The summed E-state index contributed by atoms with van der Waals surface area (Å²) in [6.07, 6.45) is 3.44. The van der Waals surface area contributed by atoms with E-state index in [1.54, 1.807) is 6.33 Å². The van der Waals surface area contributed by atoms with Gasteiger partial charge in [-0.3, -0.25) is 4.40 Å². The second-order valence-corrected chi connectivity index (χ2v) is 7.32. The Bertz CT molecular complexity index is 1070. The van der Waals surface area contributed by atoms with Gasteiger partial charge in [0, 0.05) is 17.8 Å². The third-order valence-electron chi connectivity index (χ3n) is 4.89. The van der Waals surface area contributed by atoms with Crippen LogP contribution in [0, 0.1) is 5.82 Å². The second-order valence-electron chi connectivity index (χ2n) is 7.32. The summed E-state index contributed by atoms with van der Waals surface area (Å²) >= 11 is 0. The van der Waals surface area contributed by atoms with Crippen molar-refractivity contribution < 1.29 is 4.39 Å². The van der Waals surface area contributed by atoms with Crippen molar-refractivity contribution in [3.63, 3.8) is 0 Å². The molecule has 4 nitrogen and oxygen atoms in total. The molecule has 0 aliphatic rings. The molecule has 0 N–H and O–H groups in total. The Balaban J connectivity index is 1.59. The highest BCUT2D eigenvalue weighted by Gasteiger charge is 2.10. The number of hydrogen-bond acceptors (Lipinski definition) is 3. The SMILES string of the molecule is CN(C)Cc1ccc(-c2ccc(CCc3ccc(F)cc3)n3cnnc23)cc1. The molecule has 0 bridgehead atoms. The van der Waals surface area contributed by atoms with Gasteiger partial charge in [-0.2, -0.15) is 0 Å². The van der Waals surface area contributed by atoms with E-state index in [1.165, 1.54) is 17.7 Å². The van der Waals surface area contributed by atoms with Gasteiger partial charge in [-0.1, -0.05) is 36.4 Å². The lowest BCUT2D eigenvalue weighted by molar-refractivity contribution is 0.402. The van der Waals surface area contributed by atoms with E-state index in [9.17, 15) is 4.39 Å². The van der Waals surface area contributed by atoms with Crippen LogP contribution in [0.5, 0.6) is 0 Å². The summed E-state index contributed by atoms with van der Waals surface area (Å²) in [7, 11) is 4.14. The summed E-state index contributed by atoms with van der Waals surface area (Å²) in [6, 6.07) is 19.5. The quantitative estimate of drug-likeness (QED) is 0.502. The molecule has 0 atom stereocenters. The highest BCUT2D eigenvalue weighted by atomic mass is 19.1. The van der Waals surface area contributed by atoms with Gasteiger partial charge in [0.15, 0.2) is 5.65 Å². The molecule has 4 rings (SSSR count). The largest absolute Gasteiger partial charge is 0.305 e. The van der Waals surface area contributed by atoms with Gasteiger partial charge >= 0.3 is 0 Å². The van der Waals surface area contributed by atoms with E-state index in [1.807, 2.05) is 16.5 Å². The van der Waals surface area contributed by atoms with Gasteiger partial charge in [-0.25, -0.2) is 4.39 Å². The maximum absolute atomic E-state index is 13.1. The van der Waals surface area contributed by atoms with E-state index in [4.69, 9.17) is 0 Å². The fraction of sp³-hybridized carbons (Fsp3) is 0.217. The standard InChI is InChI=1S/C23H23FN4/c1-27(2)15-18-3-8-19(9-4-18)22-14-13-21(28-16-25-26-23(22)28)12-7-17-5-10-20(24)11-6-17/h3-6,8-11,13-14,16H,7,12,15H2,1-2H3. The molecular weight excluding hydrogens is 351 g/mol. The van der Waals surface area contributed by atoms with E-state index < -0.39 is 0 Å². The molecule has 0 amide bonds. The highest BCUT2D eigenvalue weighted by Crippen LogP contribution is 2.25.